The zero-order chi connectivity index (χ0) is 18.0. The smallest absolute Gasteiger partial charge is 0.235 e. The van der Waals surface area contributed by atoms with Crippen LogP contribution in [0, 0.1) is 0 Å². The summed E-state index contributed by atoms with van der Waals surface area (Å²) in [6, 6.07) is 16.7. The second kappa shape index (κ2) is 7.33. The predicted molar refractivity (Wildman–Crippen MR) is 107 cm³/mol. The maximum Gasteiger partial charge on any atom is 0.235 e. The lowest BCUT2D eigenvalue weighted by molar-refractivity contribution is 0.104. The first-order valence-electron chi connectivity index (χ1n) is 7.39. The van der Waals surface area contributed by atoms with Crippen molar-refractivity contribution in [3.63, 3.8) is 0 Å². The Hall–Kier alpha value is -2.24. The molecule has 0 fully saturated rings. The van der Waals surface area contributed by atoms with Crippen molar-refractivity contribution in [3.8, 4) is 5.75 Å². The van der Waals surface area contributed by atoms with Crippen LogP contribution in [0.5, 0.6) is 5.75 Å². The van der Waals surface area contributed by atoms with Gasteiger partial charge in [0, 0.05) is 4.47 Å². The summed E-state index contributed by atoms with van der Waals surface area (Å²) in [5.74, 6) is -1.03. The van der Waals surface area contributed by atoms with Crippen LogP contribution in [0.15, 0.2) is 74.4 Å². The lowest BCUT2D eigenvalue weighted by atomic mass is 10.1. The van der Waals surface area contributed by atoms with Gasteiger partial charge >= 0.3 is 0 Å². The summed E-state index contributed by atoms with van der Waals surface area (Å²) in [5.41, 5.74) is 0.169. The highest BCUT2D eigenvalue weighted by Gasteiger charge is 2.13. The summed E-state index contributed by atoms with van der Waals surface area (Å²) in [6.07, 6.45) is 3.01. The fourth-order valence-electron chi connectivity index (χ4n) is 2.43. The molecule has 0 aromatic heterocycles. The van der Waals surface area contributed by atoms with E-state index < -0.39 is 17.0 Å². The fourth-order valence-corrected chi connectivity index (χ4v) is 3.63. The SMILES string of the molecule is O=C(/C=C/c1ccc2ccccc2c1)c1cc(Br)cc(Br)c(=O)c1O. The zero-order valence-electron chi connectivity index (χ0n) is 12.9. The molecule has 0 aliphatic carbocycles. The first-order valence-corrected chi connectivity index (χ1v) is 8.98. The van der Waals surface area contributed by atoms with Crippen LogP contribution in [0.4, 0.5) is 0 Å². The van der Waals surface area contributed by atoms with Crippen molar-refractivity contribution in [2.24, 2.45) is 0 Å². The minimum absolute atomic E-state index is 0.0559. The number of halogens is 2. The van der Waals surface area contributed by atoms with Crippen molar-refractivity contribution in [2.45, 2.75) is 0 Å². The molecule has 3 nitrogen and oxygen atoms in total. The lowest BCUT2D eigenvalue weighted by Crippen LogP contribution is -2.03. The summed E-state index contributed by atoms with van der Waals surface area (Å²) in [4.78, 5) is 24.4. The molecule has 3 aromatic carbocycles. The van der Waals surface area contributed by atoms with Crippen LogP contribution in [0.25, 0.3) is 16.8 Å². The number of hydrogen-bond acceptors (Lipinski definition) is 3. The van der Waals surface area contributed by atoms with Gasteiger partial charge in [0.25, 0.3) is 0 Å². The number of carbonyl (C=O) groups excluding carboxylic acids is 1. The van der Waals surface area contributed by atoms with Gasteiger partial charge in [-0.15, -0.1) is 0 Å². The van der Waals surface area contributed by atoms with Gasteiger partial charge in [-0.1, -0.05) is 58.4 Å². The standard InChI is InChI=1S/C20H12Br2O3/c21-15-10-16(19(24)20(25)17(22)11-15)18(23)8-6-12-5-7-13-3-1-2-4-14(13)9-12/h1-11H,(H,24,25)/b8-6+. The molecule has 0 unspecified atom stereocenters. The van der Waals surface area contributed by atoms with Crippen molar-refractivity contribution in [1.29, 1.82) is 0 Å². The van der Waals surface area contributed by atoms with Gasteiger partial charge in [0.1, 0.15) is 0 Å². The number of rotatable bonds is 3. The molecule has 124 valence electrons. The number of carbonyl (C=O) groups is 1. The van der Waals surface area contributed by atoms with Gasteiger partial charge in [-0.25, -0.2) is 0 Å². The minimum Gasteiger partial charge on any atom is -0.504 e. The number of benzene rings is 2. The molecule has 1 N–H and O–H groups in total. The largest absolute Gasteiger partial charge is 0.504 e. The highest BCUT2D eigenvalue weighted by atomic mass is 79.9. The van der Waals surface area contributed by atoms with E-state index in [1.54, 1.807) is 6.08 Å². The van der Waals surface area contributed by atoms with Gasteiger partial charge in [0.2, 0.25) is 5.43 Å². The van der Waals surface area contributed by atoms with Crippen molar-refractivity contribution in [1.82, 2.24) is 0 Å². The third-order valence-electron chi connectivity index (χ3n) is 3.70. The Bertz CT molecular complexity index is 1070. The van der Waals surface area contributed by atoms with Crippen molar-refractivity contribution in [3.05, 3.63) is 91.0 Å². The highest BCUT2D eigenvalue weighted by Crippen LogP contribution is 2.22. The average Bonchev–Trinajstić information content (AvgIpc) is 2.71. The van der Waals surface area contributed by atoms with Gasteiger partial charge in [-0.2, -0.15) is 0 Å². The minimum atomic E-state index is -0.631. The van der Waals surface area contributed by atoms with E-state index in [2.05, 4.69) is 31.9 Å². The first kappa shape index (κ1) is 17.6. The van der Waals surface area contributed by atoms with Crippen molar-refractivity contribution >= 4 is 54.5 Å². The summed E-state index contributed by atoms with van der Waals surface area (Å²) in [6.45, 7) is 0. The van der Waals surface area contributed by atoms with Crippen LogP contribution in [-0.4, -0.2) is 10.9 Å². The predicted octanol–water partition coefficient (Wildman–Crippen LogP) is 5.33. The molecule has 0 bridgehead atoms. The van der Waals surface area contributed by atoms with Crippen LogP contribution in [-0.2, 0) is 0 Å². The molecular weight excluding hydrogens is 448 g/mol. The second-order valence-corrected chi connectivity index (χ2v) is 7.19. The van der Waals surface area contributed by atoms with Gasteiger partial charge < -0.3 is 5.11 Å². The monoisotopic (exact) mass is 458 g/mol. The quantitative estimate of drug-likeness (QED) is 0.425. The fraction of sp³-hybridized carbons (Fsp3) is 0. The molecule has 0 radical (unpaired) electrons. The molecule has 0 aliphatic rings. The summed E-state index contributed by atoms with van der Waals surface area (Å²) >= 11 is 6.32. The first-order chi connectivity index (χ1) is 12.0. The van der Waals surface area contributed by atoms with E-state index in [0.29, 0.717) is 4.47 Å². The summed E-state index contributed by atoms with van der Waals surface area (Å²) < 4.78 is 0.689. The Kier molecular flexibility index (Phi) is 5.16. The third kappa shape index (κ3) is 3.89. The van der Waals surface area contributed by atoms with E-state index in [1.807, 2.05) is 42.5 Å². The van der Waals surface area contributed by atoms with E-state index in [9.17, 15) is 14.7 Å². The molecule has 0 spiro atoms. The van der Waals surface area contributed by atoms with Gasteiger partial charge in [0.05, 0.1) is 10.0 Å². The van der Waals surface area contributed by atoms with Gasteiger partial charge in [-0.05, 0) is 56.5 Å². The molecule has 25 heavy (non-hydrogen) atoms. The topological polar surface area (TPSA) is 54.4 Å². The number of aromatic hydroxyl groups is 1. The van der Waals surface area contributed by atoms with Gasteiger partial charge in [0.15, 0.2) is 11.5 Å². The number of fused-ring (bicyclic) bond motifs is 1. The van der Waals surface area contributed by atoms with E-state index >= 15 is 0 Å². The second-order valence-electron chi connectivity index (χ2n) is 5.42. The highest BCUT2D eigenvalue weighted by molar-refractivity contribution is 9.11. The molecule has 5 heteroatoms. The Labute approximate surface area is 160 Å². The van der Waals surface area contributed by atoms with Crippen LogP contribution in [0.3, 0.4) is 0 Å². The molecule has 0 amide bonds. The normalized spacial score (nSPS) is 11.1. The zero-order valence-corrected chi connectivity index (χ0v) is 16.0. The molecule has 0 atom stereocenters. The lowest BCUT2D eigenvalue weighted by Gasteiger charge is -1.99. The molecular formula is C20H12Br2O3. The third-order valence-corrected chi connectivity index (χ3v) is 4.75. The molecule has 3 rings (SSSR count). The Morgan fingerprint density at radius 2 is 1.68 bits per heavy atom. The molecule has 0 saturated carbocycles. The molecule has 0 heterocycles. The number of hydrogen-bond donors (Lipinski definition) is 1. The van der Waals surface area contributed by atoms with Crippen LogP contribution < -0.4 is 5.43 Å². The van der Waals surface area contributed by atoms with E-state index in [4.69, 9.17) is 0 Å². The van der Waals surface area contributed by atoms with E-state index in [0.717, 1.165) is 16.3 Å². The van der Waals surface area contributed by atoms with Crippen molar-refractivity contribution < 1.29 is 9.90 Å². The molecule has 3 aromatic rings. The van der Waals surface area contributed by atoms with Crippen molar-refractivity contribution in [2.75, 3.05) is 0 Å². The summed E-state index contributed by atoms with van der Waals surface area (Å²) in [7, 11) is 0. The van der Waals surface area contributed by atoms with Crippen LogP contribution >= 0.6 is 31.9 Å². The number of ketones is 1. The van der Waals surface area contributed by atoms with E-state index in [-0.39, 0.29) is 10.0 Å². The average molecular weight is 460 g/mol. The number of allylic oxidation sites excluding steroid dienone is 1. The van der Waals surface area contributed by atoms with E-state index in [1.165, 1.54) is 18.2 Å². The van der Waals surface area contributed by atoms with Crippen LogP contribution in [0.1, 0.15) is 15.9 Å². The maximum atomic E-state index is 12.4. The Morgan fingerprint density at radius 3 is 2.44 bits per heavy atom. The molecule has 0 saturated heterocycles. The van der Waals surface area contributed by atoms with Crippen LogP contribution in [0.2, 0.25) is 0 Å². The summed E-state index contributed by atoms with van der Waals surface area (Å²) in [5, 5.41) is 12.2. The Balaban J connectivity index is 1.98. The Morgan fingerprint density at radius 1 is 0.960 bits per heavy atom. The van der Waals surface area contributed by atoms with Gasteiger partial charge in [-0.3, -0.25) is 9.59 Å². The maximum absolute atomic E-state index is 12.4. The molecule has 0 aliphatic heterocycles.